The van der Waals surface area contributed by atoms with Crippen molar-refractivity contribution in [2.75, 3.05) is 7.11 Å². The van der Waals surface area contributed by atoms with Gasteiger partial charge in [0, 0.05) is 22.7 Å². The summed E-state index contributed by atoms with van der Waals surface area (Å²) in [5, 5.41) is 0. The molecule has 1 heterocycles. The first-order chi connectivity index (χ1) is 10.3. The van der Waals surface area contributed by atoms with Crippen LogP contribution in [0.2, 0.25) is 0 Å². The van der Waals surface area contributed by atoms with E-state index in [0.29, 0.717) is 5.56 Å². The first-order valence-corrected chi connectivity index (χ1v) is 7.45. The van der Waals surface area contributed by atoms with Gasteiger partial charge in [-0.15, -0.1) is 0 Å². The quantitative estimate of drug-likeness (QED) is 0.942. The van der Waals surface area contributed by atoms with Crippen molar-refractivity contribution >= 4 is 0 Å². The van der Waals surface area contributed by atoms with E-state index < -0.39 is 5.54 Å². The molecule has 0 aliphatic heterocycles. The van der Waals surface area contributed by atoms with Crippen molar-refractivity contribution < 1.29 is 4.74 Å². The third kappa shape index (κ3) is 3.07. The molecule has 0 saturated heterocycles. The van der Waals surface area contributed by atoms with Crippen molar-refractivity contribution in [1.29, 1.82) is 0 Å². The van der Waals surface area contributed by atoms with Crippen LogP contribution in [0.25, 0.3) is 11.3 Å². The maximum atomic E-state index is 12.9. The Morgan fingerprint density at radius 3 is 2.41 bits per heavy atom. The molecule has 0 atom stereocenters. The predicted molar refractivity (Wildman–Crippen MR) is 90.3 cm³/mol. The number of hydrogen-bond acceptors (Lipinski definition) is 3. The van der Waals surface area contributed by atoms with Gasteiger partial charge >= 0.3 is 0 Å². The van der Waals surface area contributed by atoms with Crippen LogP contribution in [0.5, 0.6) is 5.75 Å². The Hall–Kier alpha value is -2.07. The van der Waals surface area contributed by atoms with Gasteiger partial charge in [0.05, 0.1) is 12.8 Å². The lowest BCUT2D eigenvalue weighted by atomic mass is 9.95. The van der Waals surface area contributed by atoms with Crippen LogP contribution < -0.4 is 16.0 Å². The van der Waals surface area contributed by atoms with Crippen molar-refractivity contribution in [3.05, 3.63) is 52.3 Å². The number of methoxy groups -OCH3 is 1. The largest absolute Gasteiger partial charge is 0.497 e. The van der Waals surface area contributed by atoms with Crippen molar-refractivity contribution in [3.63, 3.8) is 0 Å². The van der Waals surface area contributed by atoms with E-state index in [1.807, 2.05) is 64.1 Å². The molecule has 0 spiro atoms. The Balaban J connectivity index is 2.72. The summed E-state index contributed by atoms with van der Waals surface area (Å²) in [5.74, 6) is 0.767. The summed E-state index contributed by atoms with van der Waals surface area (Å²) in [7, 11) is 1.63. The lowest BCUT2D eigenvalue weighted by Gasteiger charge is -2.23. The van der Waals surface area contributed by atoms with Gasteiger partial charge in [-0.3, -0.25) is 4.79 Å². The minimum atomic E-state index is -0.666. The molecule has 2 rings (SSSR count). The summed E-state index contributed by atoms with van der Waals surface area (Å²) in [6, 6.07) is 11.5. The number of pyridine rings is 1. The molecule has 1 aromatic carbocycles. The number of aromatic nitrogens is 1. The SMILES string of the molecule is COc1cccc(-c2ccc(C(C)(C)N)c(=O)n2C(C)C)c1. The van der Waals surface area contributed by atoms with Crippen LogP contribution in [0.4, 0.5) is 0 Å². The monoisotopic (exact) mass is 300 g/mol. The van der Waals surface area contributed by atoms with Crippen LogP contribution >= 0.6 is 0 Å². The number of ether oxygens (including phenoxy) is 1. The van der Waals surface area contributed by atoms with Gasteiger partial charge < -0.3 is 15.0 Å². The first kappa shape index (κ1) is 16.3. The molecule has 0 bridgehead atoms. The van der Waals surface area contributed by atoms with E-state index >= 15 is 0 Å². The highest BCUT2D eigenvalue weighted by atomic mass is 16.5. The fraction of sp³-hybridized carbons (Fsp3) is 0.389. The van der Waals surface area contributed by atoms with Crippen molar-refractivity contribution in [2.24, 2.45) is 5.73 Å². The molecule has 0 saturated carbocycles. The zero-order valence-electron chi connectivity index (χ0n) is 13.9. The van der Waals surface area contributed by atoms with Gasteiger partial charge in [-0.25, -0.2) is 0 Å². The van der Waals surface area contributed by atoms with E-state index in [2.05, 4.69) is 0 Å². The van der Waals surface area contributed by atoms with Crippen molar-refractivity contribution in [3.8, 4) is 17.0 Å². The molecule has 0 aliphatic carbocycles. The topological polar surface area (TPSA) is 57.2 Å². The van der Waals surface area contributed by atoms with Gasteiger partial charge in [-0.2, -0.15) is 0 Å². The molecule has 22 heavy (non-hydrogen) atoms. The second-order valence-electron chi connectivity index (χ2n) is 6.35. The minimum Gasteiger partial charge on any atom is -0.497 e. The molecule has 0 fully saturated rings. The Bertz CT molecular complexity index is 725. The van der Waals surface area contributed by atoms with E-state index in [0.717, 1.165) is 17.0 Å². The average molecular weight is 300 g/mol. The minimum absolute atomic E-state index is 0.0380. The third-order valence-corrected chi connectivity index (χ3v) is 3.69. The number of benzene rings is 1. The maximum Gasteiger partial charge on any atom is 0.256 e. The highest BCUT2D eigenvalue weighted by molar-refractivity contribution is 5.62. The lowest BCUT2D eigenvalue weighted by molar-refractivity contribution is 0.415. The van der Waals surface area contributed by atoms with Crippen LogP contribution in [0.3, 0.4) is 0 Å². The van der Waals surface area contributed by atoms with Crippen LogP contribution in [0, 0.1) is 0 Å². The number of nitrogens with two attached hydrogens (primary N) is 1. The van der Waals surface area contributed by atoms with E-state index in [4.69, 9.17) is 10.5 Å². The van der Waals surface area contributed by atoms with Gasteiger partial charge in [-0.1, -0.05) is 12.1 Å². The van der Waals surface area contributed by atoms with Crippen LogP contribution in [-0.2, 0) is 5.54 Å². The summed E-state index contributed by atoms with van der Waals surface area (Å²) in [6.07, 6.45) is 0. The molecule has 4 heteroatoms. The zero-order chi connectivity index (χ0) is 16.5. The van der Waals surface area contributed by atoms with Crippen LogP contribution in [0.15, 0.2) is 41.2 Å². The fourth-order valence-electron chi connectivity index (χ4n) is 2.57. The Morgan fingerprint density at radius 2 is 1.86 bits per heavy atom. The maximum absolute atomic E-state index is 12.9. The number of rotatable bonds is 4. The highest BCUT2D eigenvalue weighted by Gasteiger charge is 2.22. The Kier molecular flexibility index (Phi) is 4.42. The van der Waals surface area contributed by atoms with Crippen LogP contribution in [0.1, 0.15) is 39.3 Å². The molecule has 0 radical (unpaired) electrons. The molecule has 0 amide bonds. The summed E-state index contributed by atoms with van der Waals surface area (Å²) >= 11 is 0. The van der Waals surface area contributed by atoms with Gasteiger partial charge in [-0.05, 0) is 52.0 Å². The van der Waals surface area contributed by atoms with Gasteiger partial charge in [0.15, 0.2) is 0 Å². The van der Waals surface area contributed by atoms with Crippen molar-refractivity contribution in [2.45, 2.75) is 39.3 Å². The smallest absolute Gasteiger partial charge is 0.256 e. The second-order valence-corrected chi connectivity index (χ2v) is 6.35. The predicted octanol–water partition coefficient (Wildman–Crippen LogP) is 3.30. The standard InChI is InChI=1S/C18H24N2O2/c1-12(2)20-16(13-7-6-8-14(11-13)22-5)10-9-15(17(20)21)18(3,4)19/h6-12H,19H2,1-5H3. The first-order valence-electron chi connectivity index (χ1n) is 7.45. The molecule has 0 unspecified atom stereocenters. The third-order valence-electron chi connectivity index (χ3n) is 3.69. The molecule has 0 aliphatic rings. The second kappa shape index (κ2) is 5.97. The highest BCUT2D eigenvalue weighted by Crippen LogP contribution is 2.26. The van der Waals surface area contributed by atoms with Gasteiger partial charge in [0.1, 0.15) is 5.75 Å². The zero-order valence-corrected chi connectivity index (χ0v) is 13.9. The molecule has 118 valence electrons. The summed E-state index contributed by atoms with van der Waals surface area (Å²) in [6.45, 7) is 7.69. The van der Waals surface area contributed by atoms with Gasteiger partial charge in [0.25, 0.3) is 5.56 Å². The summed E-state index contributed by atoms with van der Waals surface area (Å²) in [4.78, 5) is 12.9. The number of nitrogens with zero attached hydrogens (tertiary/aromatic N) is 1. The lowest BCUT2D eigenvalue weighted by Crippen LogP contribution is -2.38. The van der Waals surface area contributed by atoms with E-state index in [9.17, 15) is 4.79 Å². The molecule has 4 nitrogen and oxygen atoms in total. The molecule has 2 aromatic rings. The number of hydrogen-bond donors (Lipinski definition) is 1. The Labute approximate surface area is 131 Å². The molecule has 2 N–H and O–H groups in total. The average Bonchev–Trinajstić information content (AvgIpc) is 2.45. The Morgan fingerprint density at radius 1 is 1.18 bits per heavy atom. The summed E-state index contributed by atoms with van der Waals surface area (Å²) in [5.41, 5.74) is 7.86. The van der Waals surface area contributed by atoms with Crippen molar-refractivity contribution in [1.82, 2.24) is 4.57 Å². The van der Waals surface area contributed by atoms with Gasteiger partial charge in [0.2, 0.25) is 0 Å². The molecular weight excluding hydrogens is 276 g/mol. The summed E-state index contributed by atoms with van der Waals surface area (Å²) < 4.78 is 7.07. The normalized spacial score (nSPS) is 11.8. The fourth-order valence-corrected chi connectivity index (χ4v) is 2.57. The molecular formula is C18H24N2O2. The van der Waals surface area contributed by atoms with E-state index in [-0.39, 0.29) is 11.6 Å². The van der Waals surface area contributed by atoms with E-state index in [1.54, 1.807) is 11.7 Å². The van der Waals surface area contributed by atoms with E-state index in [1.165, 1.54) is 0 Å². The van der Waals surface area contributed by atoms with Crippen LogP contribution in [-0.4, -0.2) is 11.7 Å². The molecule has 1 aromatic heterocycles.